The van der Waals surface area contributed by atoms with Gasteiger partial charge >= 0.3 is 0 Å². The zero-order chi connectivity index (χ0) is 15.0. The van der Waals surface area contributed by atoms with Crippen LogP contribution >= 0.6 is 12.4 Å². The summed E-state index contributed by atoms with van der Waals surface area (Å²) in [6.07, 6.45) is 5.06. The number of unbranched alkanes of at least 4 members (excludes halogenated alkanes) is 1. The molecule has 2 amide bonds. The molecule has 1 atom stereocenters. The Kier molecular flexibility index (Phi) is 10.4. The third-order valence-corrected chi connectivity index (χ3v) is 3.66. The number of piperidine rings is 1. The average molecular weight is 320 g/mol. The van der Waals surface area contributed by atoms with E-state index in [1.165, 1.54) is 0 Å². The van der Waals surface area contributed by atoms with E-state index >= 15 is 0 Å². The van der Waals surface area contributed by atoms with E-state index in [0.717, 1.165) is 32.1 Å². The van der Waals surface area contributed by atoms with Crippen LogP contribution in [0.3, 0.4) is 0 Å². The van der Waals surface area contributed by atoms with Gasteiger partial charge in [-0.15, -0.1) is 12.4 Å². The van der Waals surface area contributed by atoms with Crippen LogP contribution in [0.5, 0.6) is 0 Å². The minimum Gasteiger partial charge on any atom is -0.354 e. The molecule has 1 heterocycles. The summed E-state index contributed by atoms with van der Waals surface area (Å²) in [6, 6.07) is -0.305. The summed E-state index contributed by atoms with van der Waals surface area (Å²) in [6.45, 7) is 6.18. The molecule has 0 spiro atoms. The highest BCUT2D eigenvalue weighted by Crippen LogP contribution is 2.19. The van der Waals surface area contributed by atoms with Crippen molar-refractivity contribution < 1.29 is 9.59 Å². The Morgan fingerprint density at radius 1 is 1.33 bits per heavy atom. The van der Waals surface area contributed by atoms with Gasteiger partial charge < -0.3 is 16.0 Å². The van der Waals surface area contributed by atoms with E-state index in [9.17, 15) is 9.59 Å². The van der Waals surface area contributed by atoms with Crippen molar-refractivity contribution in [3.63, 3.8) is 0 Å². The highest BCUT2D eigenvalue weighted by Gasteiger charge is 2.31. The van der Waals surface area contributed by atoms with Crippen molar-refractivity contribution in [1.29, 1.82) is 0 Å². The number of hydrogen-bond acceptors (Lipinski definition) is 3. The fraction of sp³-hybridized carbons (Fsp3) is 0.867. The van der Waals surface area contributed by atoms with E-state index in [4.69, 9.17) is 5.73 Å². The van der Waals surface area contributed by atoms with E-state index in [2.05, 4.69) is 19.2 Å². The molecule has 5 nitrogen and oxygen atoms in total. The van der Waals surface area contributed by atoms with Crippen LogP contribution in [0.15, 0.2) is 0 Å². The number of halogens is 1. The van der Waals surface area contributed by atoms with E-state index in [1.807, 2.05) is 0 Å². The summed E-state index contributed by atoms with van der Waals surface area (Å²) in [4.78, 5) is 26.2. The average Bonchev–Trinajstić information content (AvgIpc) is 2.41. The number of carbonyl (C=O) groups excluding carboxylic acids is 2. The molecule has 0 radical (unpaired) electrons. The summed E-state index contributed by atoms with van der Waals surface area (Å²) in [5.41, 5.74) is 5.44. The Hall–Kier alpha value is -0.810. The molecule has 0 aromatic carbocycles. The van der Waals surface area contributed by atoms with Crippen molar-refractivity contribution in [3.8, 4) is 0 Å². The van der Waals surface area contributed by atoms with Crippen molar-refractivity contribution >= 4 is 24.2 Å². The molecule has 0 aromatic rings. The highest BCUT2D eigenvalue weighted by molar-refractivity contribution is 5.88. The minimum atomic E-state index is -0.305. The van der Waals surface area contributed by atoms with Gasteiger partial charge in [0.25, 0.3) is 0 Å². The number of nitrogens with one attached hydrogen (secondary N) is 1. The molecule has 3 N–H and O–H groups in total. The highest BCUT2D eigenvalue weighted by atomic mass is 35.5. The minimum absolute atomic E-state index is 0. The number of nitrogens with zero attached hydrogens (tertiary/aromatic N) is 1. The van der Waals surface area contributed by atoms with Gasteiger partial charge in [0.1, 0.15) is 6.04 Å². The molecular formula is C15H30ClN3O2. The van der Waals surface area contributed by atoms with Crippen molar-refractivity contribution in [2.75, 3.05) is 19.6 Å². The summed E-state index contributed by atoms with van der Waals surface area (Å²) in [7, 11) is 0. The Balaban J connectivity index is 0.00000400. The van der Waals surface area contributed by atoms with E-state index in [1.54, 1.807) is 4.90 Å². The van der Waals surface area contributed by atoms with Crippen molar-refractivity contribution in [2.24, 2.45) is 11.7 Å². The van der Waals surface area contributed by atoms with E-state index in [-0.39, 0.29) is 30.3 Å². The Morgan fingerprint density at radius 3 is 2.62 bits per heavy atom. The summed E-state index contributed by atoms with van der Waals surface area (Å²) >= 11 is 0. The molecule has 124 valence electrons. The zero-order valence-electron chi connectivity index (χ0n) is 13.3. The lowest BCUT2D eigenvalue weighted by atomic mass is 9.98. The van der Waals surface area contributed by atoms with Crippen LogP contribution in [0.1, 0.15) is 52.4 Å². The maximum absolute atomic E-state index is 12.4. The van der Waals surface area contributed by atoms with Gasteiger partial charge in [-0.1, -0.05) is 13.8 Å². The van der Waals surface area contributed by atoms with Gasteiger partial charge in [-0.25, -0.2) is 0 Å². The molecule has 1 saturated heterocycles. The maximum Gasteiger partial charge on any atom is 0.242 e. The normalized spacial score (nSPS) is 16.6. The predicted molar refractivity (Wildman–Crippen MR) is 87.4 cm³/mol. The van der Waals surface area contributed by atoms with Gasteiger partial charge in [-0.2, -0.15) is 0 Å². The SMILES string of the molecule is CC(C)CC(C(=O)NCCCCN)N1CCCCC1=O.Cl. The van der Waals surface area contributed by atoms with Crippen LogP contribution < -0.4 is 11.1 Å². The lowest BCUT2D eigenvalue weighted by molar-refractivity contribution is -0.143. The monoisotopic (exact) mass is 319 g/mol. The standard InChI is InChI=1S/C15H29N3O2.ClH/c1-12(2)11-13(15(20)17-9-5-4-8-16)18-10-6-3-7-14(18)19;/h12-13H,3-11,16H2,1-2H3,(H,17,20);1H. The second kappa shape index (κ2) is 10.9. The zero-order valence-corrected chi connectivity index (χ0v) is 14.1. The first kappa shape index (κ1) is 20.2. The van der Waals surface area contributed by atoms with Crippen LogP contribution in [0.2, 0.25) is 0 Å². The molecule has 0 aromatic heterocycles. The lowest BCUT2D eigenvalue weighted by Gasteiger charge is -2.34. The number of likely N-dealkylation sites (tertiary alicyclic amines) is 1. The lowest BCUT2D eigenvalue weighted by Crippen LogP contribution is -2.52. The topological polar surface area (TPSA) is 75.4 Å². The Bertz CT molecular complexity index is 324. The predicted octanol–water partition coefficient (Wildman–Crippen LogP) is 1.69. The van der Waals surface area contributed by atoms with Gasteiger partial charge in [0, 0.05) is 19.5 Å². The summed E-state index contributed by atoms with van der Waals surface area (Å²) < 4.78 is 0. The van der Waals surface area contributed by atoms with Crippen LogP contribution in [0.25, 0.3) is 0 Å². The Morgan fingerprint density at radius 2 is 2.05 bits per heavy atom. The second-order valence-electron chi connectivity index (χ2n) is 5.98. The quantitative estimate of drug-likeness (QED) is 0.668. The summed E-state index contributed by atoms with van der Waals surface area (Å²) in [5.74, 6) is 0.509. The first-order valence-corrected chi connectivity index (χ1v) is 7.83. The molecule has 0 aliphatic carbocycles. The third-order valence-electron chi connectivity index (χ3n) is 3.66. The third kappa shape index (κ3) is 7.14. The van der Waals surface area contributed by atoms with E-state index in [0.29, 0.717) is 32.0 Å². The molecule has 1 aliphatic rings. The largest absolute Gasteiger partial charge is 0.354 e. The molecule has 1 aliphatic heterocycles. The molecule has 1 fully saturated rings. The first-order chi connectivity index (χ1) is 9.56. The van der Waals surface area contributed by atoms with Crippen LogP contribution in [0, 0.1) is 5.92 Å². The second-order valence-corrected chi connectivity index (χ2v) is 5.98. The molecule has 0 bridgehead atoms. The van der Waals surface area contributed by atoms with Gasteiger partial charge in [0.05, 0.1) is 0 Å². The van der Waals surface area contributed by atoms with Crippen molar-refractivity contribution in [2.45, 2.75) is 58.4 Å². The van der Waals surface area contributed by atoms with Crippen LogP contribution in [-0.4, -0.2) is 42.4 Å². The van der Waals surface area contributed by atoms with Gasteiger partial charge in [0.2, 0.25) is 11.8 Å². The van der Waals surface area contributed by atoms with Crippen LogP contribution in [-0.2, 0) is 9.59 Å². The van der Waals surface area contributed by atoms with E-state index < -0.39 is 0 Å². The number of rotatable bonds is 8. The van der Waals surface area contributed by atoms with Crippen molar-refractivity contribution in [1.82, 2.24) is 10.2 Å². The fourth-order valence-electron chi connectivity index (χ4n) is 2.58. The first-order valence-electron chi connectivity index (χ1n) is 7.83. The van der Waals surface area contributed by atoms with Gasteiger partial charge in [-0.3, -0.25) is 9.59 Å². The molecule has 21 heavy (non-hydrogen) atoms. The molecule has 0 saturated carbocycles. The van der Waals surface area contributed by atoms with Gasteiger partial charge in [0.15, 0.2) is 0 Å². The van der Waals surface area contributed by atoms with Crippen molar-refractivity contribution in [3.05, 3.63) is 0 Å². The molecule has 6 heteroatoms. The fourth-order valence-corrected chi connectivity index (χ4v) is 2.58. The molecule has 1 unspecified atom stereocenters. The number of amides is 2. The summed E-state index contributed by atoms with van der Waals surface area (Å²) in [5, 5.41) is 2.95. The molecular weight excluding hydrogens is 290 g/mol. The maximum atomic E-state index is 12.4. The Labute approximate surface area is 134 Å². The number of carbonyl (C=O) groups is 2. The smallest absolute Gasteiger partial charge is 0.242 e. The number of nitrogens with two attached hydrogens (primary N) is 1. The van der Waals surface area contributed by atoms with Gasteiger partial charge in [-0.05, 0) is 44.6 Å². The molecule has 1 rings (SSSR count). The number of hydrogen-bond donors (Lipinski definition) is 2. The van der Waals surface area contributed by atoms with Crippen LogP contribution in [0.4, 0.5) is 0 Å².